The lowest BCUT2D eigenvalue weighted by molar-refractivity contribution is -0.142. The van der Waals surface area contributed by atoms with Gasteiger partial charge in [-0.3, -0.25) is 0 Å². The molecule has 0 unspecified atom stereocenters. The van der Waals surface area contributed by atoms with Crippen molar-refractivity contribution in [3.63, 3.8) is 0 Å². The number of esters is 1. The lowest BCUT2D eigenvalue weighted by Gasteiger charge is -2.38. The van der Waals surface area contributed by atoms with Gasteiger partial charge < -0.3 is 15.0 Å². The molecule has 178 valence electrons. The molecule has 8 nitrogen and oxygen atoms in total. The monoisotopic (exact) mass is 491 g/mol. The maximum Gasteiger partial charge on any atom is 0.328 e. The second-order valence-electron chi connectivity index (χ2n) is 8.72. The quantitative estimate of drug-likeness (QED) is 0.627. The molecule has 3 heterocycles. The van der Waals surface area contributed by atoms with Gasteiger partial charge in [-0.15, -0.1) is 11.3 Å². The molecular formula is C23H29N3O5S2. The van der Waals surface area contributed by atoms with Crippen LogP contribution in [-0.4, -0.2) is 69.0 Å². The third-order valence-electron chi connectivity index (χ3n) is 6.66. The zero-order valence-electron chi connectivity index (χ0n) is 18.6. The van der Waals surface area contributed by atoms with E-state index in [9.17, 15) is 18.0 Å². The summed E-state index contributed by atoms with van der Waals surface area (Å²) < 4.78 is 32.4. The molecule has 2 aliphatic heterocycles. The highest BCUT2D eigenvalue weighted by Crippen LogP contribution is 2.41. The molecule has 1 atom stereocenters. The molecule has 10 heteroatoms. The van der Waals surface area contributed by atoms with E-state index in [0.717, 1.165) is 12.0 Å². The SMILES string of the molecule is COC(=O)[C@H](Cc1ccccc1)NC(=O)N1CCC2(CCN(S(=O)(=O)c3cccs3)CC2)C1. The first-order valence-electron chi connectivity index (χ1n) is 11.0. The van der Waals surface area contributed by atoms with Gasteiger partial charge in [0.2, 0.25) is 0 Å². The maximum absolute atomic E-state index is 13.0. The number of hydrogen-bond donors (Lipinski definition) is 1. The number of sulfonamides is 1. The fraction of sp³-hybridized carbons (Fsp3) is 0.478. The highest BCUT2D eigenvalue weighted by atomic mass is 32.2. The predicted molar refractivity (Wildman–Crippen MR) is 125 cm³/mol. The van der Waals surface area contributed by atoms with E-state index in [2.05, 4.69) is 5.32 Å². The van der Waals surface area contributed by atoms with Gasteiger partial charge in [0.15, 0.2) is 0 Å². The molecule has 1 spiro atoms. The van der Waals surface area contributed by atoms with Crippen molar-refractivity contribution in [2.45, 2.75) is 35.9 Å². The lowest BCUT2D eigenvalue weighted by atomic mass is 9.78. The summed E-state index contributed by atoms with van der Waals surface area (Å²) in [4.78, 5) is 27.0. The van der Waals surface area contributed by atoms with E-state index < -0.39 is 22.0 Å². The number of urea groups is 1. The molecule has 2 aromatic rings. The summed E-state index contributed by atoms with van der Waals surface area (Å²) >= 11 is 1.23. The van der Waals surface area contributed by atoms with Gasteiger partial charge in [-0.2, -0.15) is 4.31 Å². The van der Waals surface area contributed by atoms with Crippen molar-refractivity contribution in [3.8, 4) is 0 Å². The maximum atomic E-state index is 13.0. The Labute approximate surface area is 198 Å². The molecule has 2 saturated heterocycles. The standard InChI is InChI=1S/C23H29N3O5S2/c1-31-21(27)19(16-18-6-3-2-4-7-18)24-22(28)25-12-9-23(17-25)10-13-26(14-11-23)33(29,30)20-8-5-15-32-20/h2-8,15,19H,9-14,16-17H2,1H3,(H,24,28)/t19-/m0/s1. The molecule has 2 fully saturated rings. The Hall–Kier alpha value is -2.43. The molecule has 33 heavy (non-hydrogen) atoms. The smallest absolute Gasteiger partial charge is 0.328 e. The number of nitrogens with one attached hydrogen (secondary N) is 1. The molecule has 0 saturated carbocycles. The van der Waals surface area contributed by atoms with Crippen molar-refractivity contribution >= 4 is 33.4 Å². The van der Waals surface area contributed by atoms with Crippen LogP contribution in [0.25, 0.3) is 0 Å². The number of methoxy groups -OCH3 is 1. The number of likely N-dealkylation sites (tertiary alicyclic amines) is 1. The molecule has 1 aromatic carbocycles. The molecule has 2 aliphatic rings. The van der Waals surface area contributed by atoms with Gasteiger partial charge in [-0.25, -0.2) is 18.0 Å². The van der Waals surface area contributed by atoms with Crippen LogP contribution < -0.4 is 5.32 Å². The zero-order chi connectivity index (χ0) is 23.5. The highest BCUT2D eigenvalue weighted by Gasteiger charge is 2.44. The normalized spacial score (nSPS) is 19.4. The summed E-state index contributed by atoms with van der Waals surface area (Å²) in [5.41, 5.74) is 0.851. The van der Waals surface area contributed by atoms with Gasteiger partial charge in [-0.1, -0.05) is 36.4 Å². The van der Waals surface area contributed by atoms with E-state index in [4.69, 9.17) is 4.74 Å². The van der Waals surface area contributed by atoms with Crippen LogP contribution in [0.5, 0.6) is 0 Å². The van der Waals surface area contributed by atoms with Gasteiger partial charge in [0.05, 0.1) is 7.11 Å². The summed E-state index contributed by atoms with van der Waals surface area (Å²) in [6.07, 6.45) is 2.61. The Balaban J connectivity index is 1.35. The minimum absolute atomic E-state index is 0.0843. The number of ether oxygens (including phenoxy) is 1. The van der Waals surface area contributed by atoms with Crippen LogP contribution in [0.1, 0.15) is 24.8 Å². The highest BCUT2D eigenvalue weighted by molar-refractivity contribution is 7.91. The Morgan fingerprint density at radius 1 is 1.09 bits per heavy atom. The molecule has 0 bridgehead atoms. The van der Waals surface area contributed by atoms with Crippen molar-refractivity contribution < 1.29 is 22.7 Å². The molecule has 1 N–H and O–H groups in total. The van der Waals surface area contributed by atoms with Crippen molar-refractivity contribution in [2.75, 3.05) is 33.3 Å². The fourth-order valence-electron chi connectivity index (χ4n) is 4.68. The number of thiophene rings is 1. The van der Waals surface area contributed by atoms with Crippen molar-refractivity contribution in [1.29, 1.82) is 0 Å². The van der Waals surface area contributed by atoms with Gasteiger partial charge in [0.25, 0.3) is 10.0 Å². The Kier molecular flexibility index (Phi) is 7.06. The van der Waals surface area contributed by atoms with Gasteiger partial charge in [-0.05, 0) is 41.7 Å². The van der Waals surface area contributed by atoms with Crippen LogP contribution >= 0.6 is 11.3 Å². The number of nitrogens with zero attached hydrogens (tertiary/aromatic N) is 2. The number of carbonyl (C=O) groups is 2. The first kappa shape index (κ1) is 23.7. The summed E-state index contributed by atoms with van der Waals surface area (Å²) in [5.74, 6) is -0.479. The fourth-order valence-corrected chi connectivity index (χ4v) is 7.27. The van der Waals surface area contributed by atoms with Crippen molar-refractivity contribution in [3.05, 3.63) is 53.4 Å². The number of benzene rings is 1. The summed E-state index contributed by atoms with van der Waals surface area (Å²) in [6.45, 7) is 2.05. The third-order valence-corrected chi connectivity index (χ3v) is 9.94. The minimum Gasteiger partial charge on any atom is -0.467 e. The van der Waals surface area contributed by atoms with Crippen LogP contribution in [0.4, 0.5) is 4.79 Å². The molecule has 1 aromatic heterocycles. The number of carbonyl (C=O) groups excluding carboxylic acids is 2. The first-order valence-corrected chi connectivity index (χ1v) is 13.4. The second kappa shape index (κ2) is 9.82. The zero-order valence-corrected chi connectivity index (χ0v) is 20.2. The topological polar surface area (TPSA) is 96.0 Å². The molecule has 0 radical (unpaired) electrons. The van der Waals surface area contributed by atoms with Crippen LogP contribution in [0.15, 0.2) is 52.1 Å². The van der Waals surface area contributed by atoms with Gasteiger partial charge >= 0.3 is 12.0 Å². The van der Waals surface area contributed by atoms with E-state index in [1.165, 1.54) is 18.4 Å². The number of hydrogen-bond acceptors (Lipinski definition) is 6. The average Bonchev–Trinajstić information content (AvgIpc) is 3.51. The van der Waals surface area contributed by atoms with Crippen LogP contribution in [0.2, 0.25) is 0 Å². The van der Waals surface area contributed by atoms with E-state index in [-0.39, 0.29) is 11.4 Å². The van der Waals surface area contributed by atoms with Crippen LogP contribution in [0, 0.1) is 5.41 Å². The summed E-state index contributed by atoms with van der Waals surface area (Å²) in [6, 6.07) is 11.8. The third kappa shape index (κ3) is 5.23. The predicted octanol–water partition coefficient (Wildman–Crippen LogP) is 2.72. The largest absolute Gasteiger partial charge is 0.467 e. The van der Waals surface area contributed by atoms with Gasteiger partial charge in [0, 0.05) is 32.6 Å². The molecule has 4 rings (SSSR count). The van der Waals surface area contributed by atoms with E-state index in [1.54, 1.807) is 26.7 Å². The Morgan fingerprint density at radius 2 is 1.79 bits per heavy atom. The minimum atomic E-state index is -3.45. The number of rotatable bonds is 6. The van der Waals surface area contributed by atoms with Crippen LogP contribution in [0.3, 0.4) is 0 Å². The van der Waals surface area contributed by atoms with Gasteiger partial charge in [0.1, 0.15) is 10.3 Å². The first-order chi connectivity index (χ1) is 15.8. The Morgan fingerprint density at radius 3 is 2.42 bits per heavy atom. The Bertz CT molecular complexity index is 1060. The van der Waals surface area contributed by atoms with E-state index >= 15 is 0 Å². The van der Waals surface area contributed by atoms with E-state index in [0.29, 0.717) is 49.7 Å². The number of amides is 2. The molecular weight excluding hydrogens is 462 g/mol. The van der Waals surface area contributed by atoms with Crippen molar-refractivity contribution in [1.82, 2.24) is 14.5 Å². The average molecular weight is 492 g/mol. The van der Waals surface area contributed by atoms with Crippen molar-refractivity contribution in [2.24, 2.45) is 5.41 Å². The number of piperidine rings is 1. The molecule has 2 amide bonds. The van der Waals surface area contributed by atoms with Crippen LogP contribution in [-0.2, 0) is 26.0 Å². The van der Waals surface area contributed by atoms with E-state index in [1.807, 2.05) is 30.3 Å². The second-order valence-corrected chi connectivity index (χ2v) is 11.8. The lowest BCUT2D eigenvalue weighted by Crippen LogP contribution is -2.50. The molecule has 0 aliphatic carbocycles. The summed E-state index contributed by atoms with van der Waals surface area (Å²) in [5, 5.41) is 4.61. The summed E-state index contributed by atoms with van der Waals surface area (Å²) in [7, 11) is -2.13.